The molecule has 0 amide bonds. The third-order valence-corrected chi connectivity index (χ3v) is 4.19. The van der Waals surface area contributed by atoms with E-state index in [1.807, 2.05) is 0 Å². The van der Waals surface area contributed by atoms with Crippen LogP contribution in [0.5, 0.6) is 0 Å². The highest BCUT2D eigenvalue weighted by molar-refractivity contribution is 9.11. The molecule has 0 aromatic rings. The van der Waals surface area contributed by atoms with Crippen molar-refractivity contribution in [2.45, 2.75) is 52.1 Å². The molecular weight excluding hydrogens is 254 g/mol. The fourth-order valence-corrected chi connectivity index (χ4v) is 3.16. The van der Waals surface area contributed by atoms with Crippen LogP contribution in [0.15, 0.2) is 10.7 Å². The van der Waals surface area contributed by atoms with Crippen LogP contribution >= 0.6 is 15.9 Å². The lowest BCUT2D eigenvalue weighted by Gasteiger charge is -2.40. The Morgan fingerprint density at radius 2 is 2.00 bits per heavy atom. The molecule has 0 aromatic heterocycles. The molecule has 2 rings (SSSR count). The number of hydrogen-bond donors (Lipinski definition) is 1. The molecule has 0 bridgehead atoms. The highest BCUT2D eigenvalue weighted by Crippen LogP contribution is 2.44. The van der Waals surface area contributed by atoms with Crippen molar-refractivity contribution in [3.63, 3.8) is 0 Å². The van der Waals surface area contributed by atoms with Crippen LogP contribution in [0.2, 0.25) is 0 Å². The maximum absolute atomic E-state index is 5.67. The largest absolute Gasteiger partial charge is 0.265 e. The molecule has 15 heavy (non-hydrogen) atoms. The molecular formula is C12H20BrNO. The van der Waals surface area contributed by atoms with Crippen LogP contribution in [0.25, 0.3) is 0 Å². The van der Waals surface area contributed by atoms with E-state index in [0.717, 1.165) is 23.4 Å². The van der Waals surface area contributed by atoms with E-state index in [1.165, 1.54) is 12.8 Å². The molecule has 1 aliphatic carbocycles. The SMILES string of the molecule is CC(C)(C)C1CCC2(C=C(Br)NO2)CC1. The van der Waals surface area contributed by atoms with Gasteiger partial charge in [-0.3, -0.25) is 10.3 Å². The summed E-state index contributed by atoms with van der Waals surface area (Å²) in [4.78, 5) is 5.67. The van der Waals surface area contributed by atoms with E-state index < -0.39 is 0 Å². The maximum atomic E-state index is 5.67. The molecule has 2 aliphatic rings. The minimum atomic E-state index is -0.0272. The quantitative estimate of drug-likeness (QED) is 0.679. The van der Waals surface area contributed by atoms with Crippen LogP contribution in [-0.2, 0) is 4.84 Å². The van der Waals surface area contributed by atoms with E-state index >= 15 is 0 Å². The highest BCUT2D eigenvalue weighted by Gasteiger charge is 2.41. The van der Waals surface area contributed by atoms with Gasteiger partial charge in [-0.15, -0.1) is 0 Å². The predicted molar refractivity (Wildman–Crippen MR) is 65.4 cm³/mol. The molecule has 0 saturated heterocycles. The lowest BCUT2D eigenvalue weighted by molar-refractivity contribution is -0.0740. The summed E-state index contributed by atoms with van der Waals surface area (Å²) in [5, 5.41) is 0. The molecule has 3 heteroatoms. The van der Waals surface area contributed by atoms with Gasteiger partial charge in [0.05, 0.1) is 0 Å². The van der Waals surface area contributed by atoms with Crippen LogP contribution < -0.4 is 5.48 Å². The zero-order valence-corrected chi connectivity index (χ0v) is 11.4. The Bertz CT molecular complexity index is 272. The van der Waals surface area contributed by atoms with Gasteiger partial charge < -0.3 is 0 Å². The second-order valence-electron chi connectivity index (χ2n) is 5.90. The molecule has 1 aliphatic heterocycles. The first-order valence-corrected chi connectivity index (χ1v) is 6.53. The second-order valence-corrected chi connectivity index (χ2v) is 6.76. The molecule has 0 atom stereocenters. The number of hydrogen-bond acceptors (Lipinski definition) is 2. The summed E-state index contributed by atoms with van der Waals surface area (Å²) in [5.41, 5.74) is 3.32. The topological polar surface area (TPSA) is 21.3 Å². The Hall–Kier alpha value is -0.0200. The van der Waals surface area contributed by atoms with E-state index in [9.17, 15) is 0 Å². The summed E-state index contributed by atoms with van der Waals surface area (Å²) in [7, 11) is 0. The molecule has 1 saturated carbocycles. The van der Waals surface area contributed by atoms with Gasteiger partial charge in [0, 0.05) is 0 Å². The molecule has 2 nitrogen and oxygen atoms in total. The first-order chi connectivity index (χ1) is 6.91. The number of hydroxylamine groups is 1. The smallest absolute Gasteiger partial charge is 0.117 e. The van der Waals surface area contributed by atoms with Gasteiger partial charge >= 0.3 is 0 Å². The summed E-state index contributed by atoms with van der Waals surface area (Å²) in [5.74, 6) is 0.833. The Kier molecular flexibility index (Phi) is 2.89. The van der Waals surface area contributed by atoms with Crippen LogP contribution in [0, 0.1) is 11.3 Å². The summed E-state index contributed by atoms with van der Waals surface area (Å²) in [6.07, 6.45) is 6.99. The van der Waals surface area contributed by atoms with E-state index in [1.54, 1.807) is 0 Å². The lowest BCUT2D eigenvalue weighted by atomic mass is 9.68. The fourth-order valence-electron chi connectivity index (χ4n) is 2.66. The average Bonchev–Trinajstić information content (AvgIpc) is 2.47. The Balaban J connectivity index is 1.98. The van der Waals surface area contributed by atoms with Crippen LogP contribution in [-0.4, -0.2) is 5.60 Å². The normalized spacial score (nSPS) is 36.5. The first-order valence-electron chi connectivity index (χ1n) is 5.74. The first kappa shape index (κ1) is 11.5. The predicted octanol–water partition coefficient (Wildman–Crippen LogP) is 3.73. The van der Waals surface area contributed by atoms with Crippen molar-refractivity contribution in [1.82, 2.24) is 5.48 Å². The summed E-state index contributed by atoms with van der Waals surface area (Å²) in [6.45, 7) is 7.03. The average molecular weight is 274 g/mol. The lowest BCUT2D eigenvalue weighted by Crippen LogP contribution is -2.37. The van der Waals surface area contributed by atoms with Crippen molar-refractivity contribution in [1.29, 1.82) is 0 Å². The third kappa shape index (κ3) is 2.39. The van der Waals surface area contributed by atoms with Crippen molar-refractivity contribution >= 4 is 15.9 Å². The van der Waals surface area contributed by atoms with E-state index in [4.69, 9.17) is 4.84 Å². The minimum Gasteiger partial charge on any atom is -0.265 e. The molecule has 0 radical (unpaired) electrons. The second kappa shape index (κ2) is 3.77. The molecule has 1 spiro atoms. The molecule has 0 aromatic carbocycles. The van der Waals surface area contributed by atoms with Gasteiger partial charge in [-0.25, -0.2) is 0 Å². The number of halogens is 1. The molecule has 1 heterocycles. The maximum Gasteiger partial charge on any atom is 0.117 e. The van der Waals surface area contributed by atoms with Gasteiger partial charge in [0.25, 0.3) is 0 Å². The molecule has 1 fully saturated rings. The summed E-state index contributed by atoms with van der Waals surface area (Å²) >= 11 is 3.43. The van der Waals surface area contributed by atoms with E-state index in [2.05, 4.69) is 48.3 Å². The van der Waals surface area contributed by atoms with Crippen molar-refractivity contribution in [3.05, 3.63) is 10.7 Å². The standard InChI is InChI=1S/C12H20BrNO/c1-11(2,3)9-4-6-12(7-5-9)8-10(13)14-15-12/h8-9,14H,4-7H2,1-3H3. The van der Waals surface area contributed by atoms with Gasteiger partial charge in [0.2, 0.25) is 0 Å². The zero-order chi connectivity index (χ0) is 11.1. The van der Waals surface area contributed by atoms with Crippen molar-refractivity contribution < 1.29 is 4.84 Å². The number of rotatable bonds is 0. The van der Waals surface area contributed by atoms with Gasteiger partial charge in [0.1, 0.15) is 10.2 Å². The molecule has 0 unspecified atom stereocenters. The van der Waals surface area contributed by atoms with Crippen molar-refractivity contribution in [2.75, 3.05) is 0 Å². The van der Waals surface area contributed by atoms with Gasteiger partial charge in [-0.05, 0) is 59.0 Å². The van der Waals surface area contributed by atoms with Crippen molar-refractivity contribution in [3.8, 4) is 0 Å². The monoisotopic (exact) mass is 273 g/mol. The van der Waals surface area contributed by atoms with Gasteiger partial charge in [0.15, 0.2) is 0 Å². The Labute approximate surface area is 101 Å². The number of nitrogens with one attached hydrogen (secondary N) is 1. The van der Waals surface area contributed by atoms with Crippen LogP contribution in [0.1, 0.15) is 46.5 Å². The fraction of sp³-hybridized carbons (Fsp3) is 0.833. The van der Waals surface area contributed by atoms with E-state index in [-0.39, 0.29) is 5.60 Å². The minimum absolute atomic E-state index is 0.0272. The Morgan fingerprint density at radius 3 is 2.40 bits per heavy atom. The van der Waals surface area contributed by atoms with Crippen molar-refractivity contribution in [2.24, 2.45) is 11.3 Å². The van der Waals surface area contributed by atoms with E-state index in [0.29, 0.717) is 5.41 Å². The van der Waals surface area contributed by atoms with Gasteiger partial charge in [-0.1, -0.05) is 20.8 Å². The molecule has 1 N–H and O–H groups in total. The summed E-state index contributed by atoms with van der Waals surface area (Å²) in [6, 6.07) is 0. The zero-order valence-electron chi connectivity index (χ0n) is 9.77. The highest BCUT2D eigenvalue weighted by atomic mass is 79.9. The Morgan fingerprint density at radius 1 is 1.40 bits per heavy atom. The summed E-state index contributed by atoms with van der Waals surface area (Å²) < 4.78 is 0.983. The van der Waals surface area contributed by atoms with Crippen LogP contribution in [0.3, 0.4) is 0 Å². The van der Waals surface area contributed by atoms with Crippen LogP contribution in [0.4, 0.5) is 0 Å². The van der Waals surface area contributed by atoms with Gasteiger partial charge in [-0.2, -0.15) is 0 Å². The third-order valence-electron chi connectivity index (χ3n) is 3.80. The molecule has 86 valence electrons.